The van der Waals surface area contributed by atoms with Crippen LogP contribution >= 0.6 is 15.9 Å². The van der Waals surface area contributed by atoms with E-state index in [9.17, 15) is 9.59 Å². The molecule has 28 heavy (non-hydrogen) atoms. The van der Waals surface area contributed by atoms with Crippen LogP contribution in [-0.4, -0.2) is 40.0 Å². The third kappa shape index (κ3) is 4.20. The number of piperidine rings is 1. The first-order chi connectivity index (χ1) is 13.6. The van der Waals surface area contributed by atoms with Crippen molar-refractivity contribution in [1.82, 2.24) is 14.5 Å². The summed E-state index contributed by atoms with van der Waals surface area (Å²) in [5, 5.41) is 2.93. The van der Waals surface area contributed by atoms with Gasteiger partial charge in [0, 0.05) is 42.3 Å². The van der Waals surface area contributed by atoms with E-state index >= 15 is 0 Å². The van der Waals surface area contributed by atoms with Gasteiger partial charge in [-0.15, -0.1) is 0 Å². The minimum absolute atomic E-state index is 0.0253. The van der Waals surface area contributed by atoms with Crippen LogP contribution in [-0.2, 0) is 4.79 Å². The van der Waals surface area contributed by atoms with Crippen molar-refractivity contribution in [2.75, 3.05) is 25.0 Å². The van der Waals surface area contributed by atoms with E-state index in [0.717, 1.165) is 53.7 Å². The summed E-state index contributed by atoms with van der Waals surface area (Å²) in [7, 11) is 0. The highest BCUT2D eigenvalue weighted by Gasteiger charge is 2.23. The quantitative estimate of drug-likeness (QED) is 0.631. The molecule has 1 fully saturated rings. The van der Waals surface area contributed by atoms with Crippen LogP contribution < -0.4 is 11.0 Å². The molecule has 1 aromatic heterocycles. The summed E-state index contributed by atoms with van der Waals surface area (Å²) < 4.78 is 2.88. The molecule has 0 radical (unpaired) electrons. The number of amides is 1. The van der Waals surface area contributed by atoms with Crippen molar-refractivity contribution < 1.29 is 4.79 Å². The van der Waals surface area contributed by atoms with Crippen LogP contribution in [0, 0.1) is 0 Å². The van der Waals surface area contributed by atoms with Crippen molar-refractivity contribution in [3.8, 4) is 0 Å². The molecule has 1 aliphatic heterocycles. The lowest BCUT2D eigenvalue weighted by Gasteiger charge is -2.32. The fourth-order valence-corrected chi connectivity index (χ4v) is 4.12. The highest BCUT2D eigenvalue weighted by atomic mass is 79.9. The number of likely N-dealkylation sites (tertiary alicyclic amines) is 1. The summed E-state index contributed by atoms with van der Waals surface area (Å²) in [5.74, 6) is 0.0253. The number of anilines is 1. The molecule has 1 saturated heterocycles. The van der Waals surface area contributed by atoms with Gasteiger partial charge in [0.15, 0.2) is 0 Å². The molecule has 4 rings (SSSR count). The number of imidazole rings is 1. The molecule has 1 aliphatic rings. The molecule has 146 valence electrons. The molecule has 0 spiro atoms. The van der Waals surface area contributed by atoms with Crippen molar-refractivity contribution in [3.05, 3.63) is 63.5 Å². The number of nitrogens with one attached hydrogen (secondary N) is 2. The number of rotatable bonds is 5. The summed E-state index contributed by atoms with van der Waals surface area (Å²) in [6.45, 7) is 2.52. The first-order valence-electron chi connectivity index (χ1n) is 9.57. The van der Waals surface area contributed by atoms with Gasteiger partial charge in [-0.25, -0.2) is 4.79 Å². The van der Waals surface area contributed by atoms with Crippen LogP contribution in [0.4, 0.5) is 5.69 Å². The summed E-state index contributed by atoms with van der Waals surface area (Å²) >= 11 is 3.39. The summed E-state index contributed by atoms with van der Waals surface area (Å²) in [5.41, 5.74) is 2.64. The van der Waals surface area contributed by atoms with Crippen molar-refractivity contribution in [2.24, 2.45) is 0 Å². The summed E-state index contributed by atoms with van der Waals surface area (Å²) in [4.78, 5) is 29.8. The Morgan fingerprint density at radius 1 is 1.11 bits per heavy atom. The Hall–Kier alpha value is -2.38. The molecule has 2 N–H and O–H groups in total. The second kappa shape index (κ2) is 8.32. The van der Waals surface area contributed by atoms with Crippen LogP contribution in [0.1, 0.15) is 25.3 Å². The number of H-pyrrole nitrogens is 1. The first kappa shape index (κ1) is 19.0. The van der Waals surface area contributed by atoms with Gasteiger partial charge in [0.25, 0.3) is 0 Å². The van der Waals surface area contributed by atoms with Gasteiger partial charge in [-0.05, 0) is 49.2 Å². The minimum atomic E-state index is -0.0338. The molecule has 0 unspecified atom stereocenters. The molecule has 0 saturated carbocycles. The number of carbonyl (C=O) groups is 1. The second-order valence-corrected chi connectivity index (χ2v) is 8.11. The Balaban J connectivity index is 1.29. The normalized spacial score (nSPS) is 15.8. The number of fused-ring (bicyclic) bond motifs is 1. The predicted octanol–water partition coefficient (Wildman–Crippen LogP) is 3.76. The second-order valence-electron chi connectivity index (χ2n) is 7.20. The van der Waals surface area contributed by atoms with Crippen LogP contribution in [0.5, 0.6) is 0 Å². The van der Waals surface area contributed by atoms with Crippen molar-refractivity contribution in [1.29, 1.82) is 0 Å². The molecule has 6 nitrogen and oxygen atoms in total. The highest BCUT2D eigenvalue weighted by molar-refractivity contribution is 9.10. The summed E-state index contributed by atoms with van der Waals surface area (Å²) in [6.07, 6.45) is 2.29. The van der Waals surface area contributed by atoms with Crippen molar-refractivity contribution in [2.45, 2.75) is 25.3 Å². The number of hydrogen-bond donors (Lipinski definition) is 2. The average molecular weight is 443 g/mol. The number of hydrogen-bond acceptors (Lipinski definition) is 3. The Kier molecular flexibility index (Phi) is 5.64. The van der Waals surface area contributed by atoms with Crippen LogP contribution in [0.2, 0.25) is 0 Å². The zero-order valence-electron chi connectivity index (χ0n) is 15.5. The molecule has 3 aromatic rings. The molecule has 7 heteroatoms. The zero-order chi connectivity index (χ0) is 19.5. The van der Waals surface area contributed by atoms with E-state index in [2.05, 4.69) is 31.1 Å². The van der Waals surface area contributed by atoms with E-state index in [1.165, 1.54) is 0 Å². The number of benzene rings is 2. The van der Waals surface area contributed by atoms with Gasteiger partial charge in [-0.2, -0.15) is 0 Å². The molecular formula is C21H23BrN4O2. The highest BCUT2D eigenvalue weighted by Crippen LogP contribution is 2.25. The van der Waals surface area contributed by atoms with Gasteiger partial charge in [0.2, 0.25) is 5.91 Å². The topological polar surface area (TPSA) is 70.1 Å². The van der Waals surface area contributed by atoms with Gasteiger partial charge in [0.05, 0.1) is 11.0 Å². The largest absolute Gasteiger partial charge is 0.326 e. The number of carbonyl (C=O) groups excluding carboxylic acids is 1. The van der Waals surface area contributed by atoms with Gasteiger partial charge in [-0.1, -0.05) is 28.1 Å². The lowest BCUT2D eigenvalue weighted by atomic mass is 10.0. The standard InChI is InChI=1S/C21H23BrN4O2/c22-15-5-7-16(8-6-15)23-20(27)11-14-25-12-9-17(10-13-25)26-19-4-2-1-3-18(19)24-21(26)28/h1-8,17H,9-14H2,(H,23,27)(H,24,28). The van der Waals surface area contributed by atoms with Gasteiger partial charge in [-0.3, -0.25) is 9.36 Å². The van der Waals surface area contributed by atoms with Crippen molar-refractivity contribution in [3.63, 3.8) is 0 Å². The molecular weight excluding hydrogens is 420 g/mol. The molecule has 0 aliphatic carbocycles. The maximum atomic E-state index is 12.4. The number of aromatic amines is 1. The van der Waals surface area contributed by atoms with E-state index in [0.29, 0.717) is 6.42 Å². The maximum Gasteiger partial charge on any atom is 0.326 e. The fraction of sp³-hybridized carbons (Fsp3) is 0.333. The number of halogens is 1. The van der Waals surface area contributed by atoms with E-state index in [-0.39, 0.29) is 17.6 Å². The Morgan fingerprint density at radius 2 is 1.82 bits per heavy atom. The molecule has 1 amide bonds. The monoisotopic (exact) mass is 442 g/mol. The van der Waals surface area contributed by atoms with Crippen LogP contribution in [0.25, 0.3) is 11.0 Å². The SMILES string of the molecule is O=C(CCN1CCC(n2c(=O)[nH]c3ccccc32)CC1)Nc1ccc(Br)cc1. The Morgan fingerprint density at radius 3 is 2.57 bits per heavy atom. The van der Waals surface area contributed by atoms with Crippen LogP contribution in [0.15, 0.2) is 57.8 Å². The molecule has 2 heterocycles. The van der Waals surface area contributed by atoms with Gasteiger partial charge < -0.3 is 15.2 Å². The number of nitrogens with zero attached hydrogens (tertiary/aromatic N) is 2. The number of para-hydroxylation sites is 2. The van der Waals surface area contributed by atoms with Crippen molar-refractivity contribution >= 4 is 38.6 Å². The molecule has 2 aromatic carbocycles. The van der Waals surface area contributed by atoms with Gasteiger partial charge in [0.1, 0.15) is 0 Å². The number of aromatic nitrogens is 2. The van der Waals surface area contributed by atoms with E-state index in [1.54, 1.807) is 0 Å². The average Bonchev–Trinajstić information content (AvgIpc) is 3.04. The molecule has 0 bridgehead atoms. The zero-order valence-corrected chi connectivity index (χ0v) is 17.1. The minimum Gasteiger partial charge on any atom is -0.326 e. The van der Waals surface area contributed by atoms with Crippen LogP contribution in [0.3, 0.4) is 0 Å². The van der Waals surface area contributed by atoms with E-state index in [4.69, 9.17) is 0 Å². The Bertz CT molecular complexity index is 1020. The molecule has 0 atom stereocenters. The first-order valence-corrected chi connectivity index (χ1v) is 10.4. The third-order valence-electron chi connectivity index (χ3n) is 5.33. The Labute approximate surface area is 171 Å². The van der Waals surface area contributed by atoms with E-state index < -0.39 is 0 Å². The lowest BCUT2D eigenvalue weighted by Crippen LogP contribution is -2.38. The predicted molar refractivity (Wildman–Crippen MR) is 115 cm³/mol. The third-order valence-corrected chi connectivity index (χ3v) is 5.86. The smallest absolute Gasteiger partial charge is 0.326 e. The van der Waals surface area contributed by atoms with E-state index in [1.807, 2.05) is 53.1 Å². The lowest BCUT2D eigenvalue weighted by molar-refractivity contribution is -0.116. The van der Waals surface area contributed by atoms with Gasteiger partial charge >= 0.3 is 5.69 Å². The maximum absolute atomic E-state index is 12.4. The fourth-order valence-electron chi connectivity index (χ4n) is 3.85. The summed E-state index contributed by atoms with van der Waals surface area (Å²) in [6, 6.07) is 15.6.